The Balaban J connectivity index is 0.900. The first kappa shape index (κ1) is 34.6. The fraction of sp³-hybridized carbons (Fsp3) is 0.0172. The lowest BCUT2D eigenvalue weighted by Crippen LogP contribution is -2.25. The molecular weight excluding hydrogens is 755 g/mol. The summed E-state index contributed by atoms with van der Waals surface area (Å²) in [5.41, 5.74) is 19.2. The summed E-state index contributed by atoms with van der Waals surface area (Å²) in [6.45, 7) is 0. The maximum absolute atomic E-state index is 6.10. The van der Waals surface area contributed by atoms with E-state index in [1.165, 1.54) is 44.5 Å². The molecule has 62 heavy (non-hydrogen) atoms. The first-order chi connectivity index (χ1) is 30.7. The number of nitrogens with zero attached hydrogens (tertiary/aromatic N) is 3. The summed E-state index contributed by atoms with van der Waals surface area (Å²) in [4.78, 5) is 15.3. The molecule has 0 fully saturated rings. The van der Waals surface area contributed by atoms with Gasteiger partial charge in [-0.15, -0.1) is 0 Å². The van der Waals surface area contributed by atoms with Crippen molar-refractivity contribution in [3.8, 4) is 78.7 Å². The van der Waals surface area contributed by atoms with Gasteiger partial charge in [-0.2, -0.15) is 0 Å². The highest BCUT2D eigenvalue weighted by Crippen LogP contribution is 2.63. The van der Waals surface area contributed by atoms with Crippen LogP contribution in [0.5, 0.6) is 0 Å². The van der Waals surface area contributed by atoms with E-state index in [-0.39, 0.29) is 5.41 Å². The third-order valence-electron chi connectivity index (χ3n) is 13.0. The van der Waals surface area contributed by atoms with E-state index >= 15 is 0 Å². The Morgan fingerprint density at radius 1 is 0.274 bits per heavy atom. The summed E-state index contributed by atoms with van der Waals surface area (Å²) in [6.07, 6.45) is 0. The Kier molecular flexibility index (Phi) is 7.49. The van der Waals surface area contributed by atoms with Crippen LogP contribution >= 0.6 is 0 Å². The number of benzene rings is 9. The third-order valence-corrected chi connectivity index (χ3v) is 13.0. The van der Waals surface area contributed by atoms with Gasteiger partial charge in [-0.1, -0.05) is 182 Å². The molecule has 0 radical (unpaired) electrons. The molecule has 0 N–H and O–H groups in total. The molecule has 0 amide bonds. The van der Waals surface area contributed by atoms with E-state index in [0.717, 1.165) is 60.9 Å². The molecule has 0 saturated heterocycles. The standard InChI is InChI=1S/C58H35N3O/c1-2-13-37(14-3-1)55-59-56(38-27-25-36(26-28-38)40-30-32-54-48(35-40)46-20-7-11-24-53(46)62-54)61-57(60-55)42-16-12-15-39(33-42)41-29-31-52-47(34-41)45-19-6-10-23-51(45)58(52)49-21-8-4-17-43(49)44-18-5-9-22-50(44)58/h1-35H. The number of hydrogen-bond acceptors (Lipinski definition) is 4. The summed E-state index contributed by atoms with van der Waals surface area (Å²) < 4.78 is 6.10. The van der Waals surface area contributed by atoms with E-state index in [1.54, 1.807) is 0 Å². The zero-order valence-electron chi connectivity index (χ0n) is 33.5. The van der Waals surface area contributed by atoms with Gasteiger partial charge in [0.15, 0.2) is 17.5 Å². The van der Waals surface area contributed by atoms with Gasteiger partial charge in [0.1, 0.15) is 11.2 Å². The summed E-state index contributed by atoms with van der Waals surface area (Å²) in [5.74, 6) is 1.88. The molecule has 2 aliphatic rings. The van der Waals surface area contributed by atoms with Gasteiger partial charge in [-0.05, 0) is 97.1 Å². The second-order valence-corrected chi connectivity index (χ2v) is 16.3. The van der Waals surface area contributed by atoms with Crippen LogP contribution in [0.25, 0.3) is 101 Å². The Bertz CT molecular complexity index is 3540. The third kappa shape index (κ3) is 5.10. The van der Waals surface area contributed by atoms with Crippen molar-refractivity contribution in [3.05, 3.63) is 235 Å². The van der Waals surface area contributed by atoms with Crippen LogP contribution in [0.2, 0.25) is 0 Å². The van der Waals surface area contributed by atoms with Crippen LogP contribution in [0.1, 0.15) is 22.3 Å². The molecule has 13 rings (SSSR count). The Morgan fingerprint density at radius 2 is 0.726 bits per heavy atom. The predicted molar refractivity (Wildman–Crippen MR) is 251 cm³/mol. The molecule has 2 aromatic heterocycles. The molecule has 0 unspecified atom stereocenters. The fourth-order valence-corrected chi connectivity index (χ4v) is 10.2. The molecule has 2 aliphatic carbocycles. The van der Waals surface area contributed by atoms with Crippen LogP contribution in [0.4, 0.5) is 0 Å². The number of fused-ring (bicyclic) bond motifs is 13. The topological polar surface area (TPSA) is 51.8 Å². The van der Waals surface area contributed by atoms with Crippen molar-refractivity contribution < 1.29 is 4.42 Å². The Morgan fingerprint density at radius 3 is 1.44 bits per heavy atom. The minimum atomic E-state index is -0.366. The number of aromatic nitrogens is 3. The van der Waals surface area contributed by atoms with E-state index in [9.17, 15) is 0 Å². The van der Waals surface area contributed by atoms with Crippen molar-refractivity contribution in [2.24, 2.45) is 0 Å². The molecule has 4 nitrogen and oxygen atoms in total. The monoisotopic (exact) mass is 789 g/mol. The summed E-state index contributed by atoms with van der Waals surface area (Å²) in [7, 11) is 0. The lowest BCUT2D eigenvalue weighted by Gasteiger charge is -2.30. The van der Waals surface area contributed by atoms with Crippen LogP contribution < -0.4 is 0 Å². The van der Waals surface area contributed by atoms with Gasteiger partial charge in [0.05, 0.1) is 5.41 Å². The van der Waals surface area contributed by atoms with Crippen LogP contribution in [0.3, 0.4) is 0 Å². The molecular formula is C58H35N3O. The van der Waals surface area contributed by atoms with Gasteiger partial charge < -0.3 is 4.42 Å². The van der Waals surface area contributed by atoms with Gasteiger partial charge in [-0.3, -0.25) is 0 Å². The van der Waals surface area contributed by atoms with Crippen molar-refractivity contribution in [2.75, 3.05) is 0 Å². The van der Waals surface area contributed by atoms with Crippen LogP contribution in [-0.2, 0) is 5.41 Å². The highest BCUT2D eigenvalue weighted by atomic mass is 16.3. The van der Waals surface area contributed by atoms with Crippen LogP contribution in [0, 0.1) is 0 Å². The quantitative estimate of drug-likeness (QED) is 0.174. The van der Waals surface area contributed by atoms with Crippen molar-refractivity contribution >= 4 is 21.9 Å². The second-order valence-electron chi connectivity index (χ2n) is 16.3. The molecule has 11 aromatic rings. The van der Waals surface area contributed by atoms with E-state index < -0.39 is 0 Å². The second kappa shape index (κ2) is 13.4. The summed E-state index contributed by atoms with van der Waals surface area (Å²) in [5, 5.41) is 2.23. The largest absolute Gasteiger partial charge is 0.456 e. The van der Waals surface area contributed by atoms with Gasteiger partial charge >= 0.3 is 0 Å². The molecule has 288 valence electrons. The highest BCUT2D eigenvalue weighted by Gasteiger charge is 2.51. The maximum atomic E-state index is 6.10. The smallest absolute Gasteiger partial charge is 0.164 e. The number of furan rings is 1. The van der Waals surface area contributed by atoms with Crippen LogP contribution in [-0.4, -0.2) is 15.0 Å². The number of hydrogen-bond donors (Lipinski definition) is 0. The number of rotatable bonds is 5. The lowest BCUT2D eigenvalue weighted by molar-refractivity contribution is 0.669. The van der Waals surface area contributed by atoms with E-state index in [0.29, 0.717) is 17.5 Å². The zero-order chi connectivity index (χ0) is 40.8. The zero-order valence-corrected chi connectivity index (χ0v) is 33.5. The number of para-hydroxylation sites is 1. The molecule has 4 heteroatoms. The molecule has 0 saturated carbocycles. The molecule has 9 aromatic carbocycles. The normalized spacial score (nSPS) is 13.0. The Labute approximate surface area is 358 Å². The van der Waals surface area contributed by atoms with Gasteiger partial charge in [0.25, 0.3) is 0 Å². The van der Waals surface area contributed by atoms with Crippen molar-refractivity contribution in [2.45, 2.75) is 5.41 Å². The highest BCUT2D eigenvalue weighted by molar-refractivity contribution is 6.06. The van der Waals surface area contributed by atoms with Crippen LogP contribution in [0.15, 0.2) is 217 Å². The predicted octanol–water partition coefficient (Wildman–Crippen LogP) is 14.4. The minimum absolute atomic E-state index is 0.366. The summed E-state index contributed by atoms with van der Waals surface area (Å²) >= 11 is 0. The van der Waals surface area contributed by atoms with Crippen molar-refractivity contribution in [1.29, 1.82) is 0 Å². The van der Waals surface area contributed by atoms with Crippen molar-refractivity contribution in [1.82, 2.24) is 15.0 Å². The fourth-order valence-electron chi connectivity index (χ4n) is 10.2. The van der Waals surface area contributed by atoms with Crippen molar-refractivity contribution in [3.63, 3.8) is 0 Å². The lowest BCUT2D eigenvalue weighted by atomic mass is 9.70. The first-order valence-electron chi connectivity index (χ1n) is 21.1. The first-order valence-corrected chi connectivity index (χ1v) is 21.1. The summed E-state index contributed by atoms with van der Waals surface area (Å²) in [6, 6.07) is 75.7. The maximum Gasteiger partial charge on any atom is 0.164 e. The van der Waals surface area contributed by atoms with Gasteiger partial charge in [-0.25, -0.2) is 15.0 Å². The Hall–Kier alpha value is -8.21. The molecule has 0 atom stereocenters. The van der Waals surface area contributed by atoms with E-state index in [2.05, 4.69) is 182 Å². The van der Waals surface area contributed by atoms with Gasteiger partial charge in [0.2, 0.25) is 0 Å². The van der Waals surface area contributed by atoms with Gasteiger partial charge in [0, 0.05) is 27.5 Å². The minimum Gasteiger partial charge on any atom is -0.456 e. The van der Waals surface area contributed by atoms with E-state index in [4.69, 9.17) is 19.4 Å². The molecule has 0 bridgehead atoms. The molecule has 2 heterocycles. The average Bonchev–Trinajstić information content (AvgIpc) is 3.98. The molecule has 1 spiro atoms. The van der Waals surface area contributed by atoms with E-state index in [1.807, 2.05) is 30.3 Å². The average molecular weight is 790 g/mol. The SMILES string of the molecule is c1ccc(-c2nc(-c3ccc(-c4ccc5oc6ccccc6c5c4)cc3)nc(-c3cccc(-c4ccc5c(c4)-c4ccccc4C54c5ccccc5-c5ccccc54)c3)n2)cc1. The molecule has 0 aliphatic heterocycles.